The Bertz CT molecular complexity index is 609. The second kappa shape index (κ2) is 6.75. The molecule has 1 aliphatic carbocycles. The maximum absolute atomic E-state index is 12.7. The maximum Gasteiger partial charge on any atom is 0.416 e. The van der Waals surface area contributed by atoms with Gasteiger partial charge < -0.3 is 5.32 Å². The van der Waals surface area contributed by atoms with Gasteiger partial charge in [0, 0.05) is 17.6 Å². The highest BCUT2D eigenvalue weighted by atomic mass is 19.4. The highest BCUT2D eigenvalue weighted by molar-refractivity contribution is 5.96. The van der Waals surface area contributed by atoms with Gasteiger partial charge in [-0.25, -0.2) is 0 Å². The monoisotopic (exact) mass is 340 g/mol. The maximum atomic E-state index is 12.7. The van der Waals surface area contributed by atoms with Gasteiger partial charge in [0.05, 0.1) is 5.56 Å². The van der Waals surface area contributed by atoms with Gasteiger partial charge in [0.15, 0.2) is 0 Å². The molecule has 1 aliphatic heterocycles. The summed E-state index contributed by atoms with van der Waals surface area (Å²) in [5.74, 6) is -0.266. The van der Waals surface area contributed by atoms with E-state index < -0.39 is 11.7 Å². The number of carbonyl (C=O) groups excluding carboxylic acids is 1. The molecule has 1 amide bonds. The predicted molar refractivity (Wildman–Crippen MR) is 85.9 cm³/mol. The fourth-order valence-corrected chi connectivity index (χ4v) is 3.96. The molecule has 3 rings (SSSR count). The highest BCUT2D eigenvalue weighted by Crippen LogP contribution is 2.31. The number of hydrogen-bond donors (Lipinski definition) is 1. The summed E-state index contributed by atoms with van der Waals surface area (Å²) in [5, 5.41) is 3.06. The van der Waals surface area contributed by atoms with Crippen molar-refractivity contribution < 1.29 is 18.0 Å². The molecule has 2 aliphatic rings. The lowest BCUT2D eigenvalue weighted by molar-refractivity contribution is -0.137. The first kappa shape index (κ1) is 17.3. The molecule has 0 aromatic heterocycles. The van der Waals surface area contributed by atoms with E-state index in [0.29, 0.717) is 17.2 Å². The van der Waals surface area contributed by atoms with Crippen molar-refractivity contribution in [1.29, 1.82) is 0 Å². The SMILES string of the molecule is Cc1cc(C(F)(F)F)ccc1C(=O)NC1CCCC1N1CCCC1. The van der Waals surface area contributed by atoms with Gasteiger partial charge in [-0.1, -0.05) is 0 Å². The van der Waals surface area contributed by atoms with Gasteiger partial charge in [-0.05, 0) is 75.9 Å². The molecule has 1 N–H and O–H groups in total. The van der Waals surface area contributed by atoms with E-state index in [1.165, 1.54) is 18.9 Å². The number of alkyl halides is 3. The van der Waals surface area contributed by atoms with Crippen LogP contribution in [0.5, 0.6) is 0 Å². The third kappa shape index (κ3) is 3.58. The number of hydrogen-bond acceptors (Lipinski definition) is 2. The number of rotatable bonds is 3. The minimum absolute atomic E-state index is 0.0947. The van der Waals surface area contributed by atoms with Gasteiger partial charge in [-0.2, -0.15) is 13.2 Å². The van der Waals surface area contributed by atoms with Crippen LogP contribution in [0.2, 0.25) is 0 Å². The molecule has 2 atom stereocenters. The standard InChI is InChI=1S/C18H23F3N2O/c1-12-11-13(18(19,20)21)7-8-14(12)17(24)22-15-5-4-6-16(15)23-9-2-3-10-23/h7-8,11,15-16H,2-6,9-10H2,1H3,(H,22,24). The Morgan fingerprint density at radius 2 is 1.88 bits per heavy atom. The molecule has 1 heterocycles. The largest absolute Gasteiger partial charge is 0.416 e. The summed E-state index contributed by atoms with van der Waals surface area (Å²) in [5.41, 5.74) is -0.0273. The first-order valence-electron chi connectivity index (χ1n) is 8.59. The van der Waals surface area contributed by atoms with Crippen LogP contribution < -0.4 is 5.32 Å². The molecular formula is C18H23F3N2O. The van der Waals surface area contributed by atoms with Crippen molar-refractivity contribution in [2.45, 2.75) is 57.3 Å². The molecule has 132 valence electrons. The molecule has 0 bridgehead atoms. The van der Waals surface area contributed by atoms with Crippen molar-refractivity contribution in [1.82, 2.24) is 10.2 Å². The Morgan fingerprint density at radius 1 is 1.17 bits per heavy atom. The number of amides is 1. The summed E-state index contributed by atoms with van der Waals surface area (Å²) in [6.07, 6.45) is 1.12. The number of aryl methyl sites for hydroxylation is 1. The molecule has 6 heteroatoms. The fraction of sp³-hybridized carbons (Fsp3) is 0.611. The van der Waals surface area contributed by atoms with E-state index in [-0.39, 0.29) is 11.9 Å². The zero-order chi connectivity index (χ0) is 17.3. The first-order chi connectivity index (χ1) is 11.4. The van der Waals surface area contributed by atoms with Crippen molar-refractivity contribution in [2.75, 3.05) is 13.1 Å². The molecule has 2 unspecified atom stereocenters. The van der Waals surface area contributed by atoms with Crippen molar-refractivity contribution in [3.63, 3.8) is 0 Å². The lowest BCUT2D eigenvalue weighted by atomic mass is 10.0. The molecule has 3 nitrogen and oxygen atoms in total. The van der Waals surface area contributed by atoms with Gasteiger partial charge in [0.25, 0.3) is 5.91 Å². The van der Waals surface area contributed by atoms with Crippen molar-refractivity contribution in [2.24, 2.45) is 0 Å². The molecular weight excluding hydrogens is 317 g/mol. The number of nitrogens with one attached hydrogen (secondary N) is 1. The van der Waals surface area contributed by atoms with Gasteiger partial charge >= 0.3 is 6.18 Å². The topological polar surface area (TPSA) is 32.3 Å². The molecule has 1 saturated carbocycles. The van der Waals surface area contributed by atoms with Crippen LogP contribution in [0, 0.1) is 6.92 Å². The predicted octanol–water partition coefficient (Wildman–Crippen LogP) is 3.76. The lowest BCUT2D eigenvalue weighted by Crippen LogP contribution is -2.47. The molecule has 0 radical (unpaired) electrons. The van der Waals surface area contributed by atoms with Crippen molar-refractivity contribution in [3.05, 3.63) is 34.9 Å². The van der Waals surface area contributed by atoms with Crippen LogP contribution in [-0.4, -0.2) is 36.0 Å². The van der Waals surface area contributed by atoms with E-state index in [9.17, 15) is 18.0 Å². The van der Waals surface area contributed by atoms with Crippen LogP contribution in [0.15, 0.2) is 18.2 Å². The summed E-state index contributed by atoms with van der Waals surface area (Å²) >= 11 is 0. The summed E-state index contributed by atoms with van der Waals surface area (Å²) in [4.78, 5) is 15.0. The molecule has 1 aromatic carbocycles. The van der Waals surface area contributed by atoms with Gasteiger partial charge in [-0.15, -0.1) is 0 Å². The Hall–Kier alpha value is -1.56. The van der Waals surface area contributed by atoms with Crippen LogP contribution in [-0.2, 0) is 6.18 Å². The van der Waals surface area contributed by atoms with Crippen LogP contribution in [0.25, 0.3) is 0 Å². The quantitative estimate of drug-likeness (QED) is 0.909. The molecule has 24 heavy (non-hydrogen) atoms. The summed E-state index contributed by atoms with van der Waals surface area (Å²) in [6.45, 7) is 3.71. The minimum atomic E-state index is -4.38. The third-order valence-electron chi connectivity index (χ3n) is 5.20. The Balaban J connectivity index is 1.70. The Morgan fingerprint density at radius 3 is 2.50 bits per heavy atom. The fourth-order valence-electron chi connectivity index (χ4n) is 3.96. The molecule has 1 saturated heterocycles. The van der Waals surface area contributed by atoms with Crippen LogP contribution in [0.3, 0.4) is 0 Å². The van der Waals surface area contributed by atoms with E-state index >= 15 is 0 Å². The number of halogens is 3. The number of nitrogens with zero attached hydrogens (tertiary/aromatic N) is 1. The van der Waals surface area contributed by atoms with E-state index in [4.69, 9.17) is 0 Å². The molecule has 2 fully saturated rings. The van der Waals surface area contributed by atoms with Crippen LogP contribution in [0.1, 0.15) is 53.6 Å². The number of benzene rings is 1. The zero-order valence-corrected chi connectivity index (χ0v) is 13.8. The van der Waals surface area contributed by atoms with Crippen molar-refractivity contribution in [3.8, 4) is 0 Å². The summed E-state index contributed by atoms with van der Waals surface area (Å²) in [7, 11) is 0. The smallest absolute Gasteiger partial charge is 0.348 e. The average molecular weight is 340 g/mol. The van der Waals surface area contributed by atoms with E-state index in [2.05, 4.69) is 10.2 Å². The van der Waals surface area contributed by atoms with Gasteiger partial charge in [0.1, 0.15) is 0 Å². The van der Waals surface area contributed by atoms with Crippen molar-refractivity contribution >= 4 is 5.91 Å². The second-order valence-electron chi connectivity index (χ2n) is 6.85. The van der Waals surface area contributed by atoms with E-state index in [1.807, 2.05) is 0 Å². The number of carbonyl (C=O) groups is 1. The third-order valence-corrected chi connectivity index (χ3v) is 5.20. The van der Waals surface area contributed by atoms with Gasteiger partial charge in [-0.3, -0.25) is 9.69 Å². The minimum Gasteiger partial charge on any atom is -0.348 e. The first-order valence-corrected chi connectivity index (χ1v) is 8.59. The van der Waals surface area contributed by atoms with Crippen LogP contribution in [0.4, 0.5) is 13.2 Å². The Labute approximate surface area is 140 Å². The van der Waals surface area contributed by atoms with Crippen LogP contribution >= 0.6 is 0 Å². The zero-order valence-electron chi connectivity index (χ0n) is 13.8. The van der Waals surface area contributed by atoms with E-state index in [1.54, 1.807) is 6.92 Å². The van der Waals surface area contributed by atoms with Gasteiger partial charge in [0.2, 0.25) is 0 Å². The summed E-state index contributed by atoms with van der Waals surface area (Å²) < 4.78 is 38.2. The average Bonchev–Trinajstić information content (AvgIpc) is 3.16. The second-order valence-corrected chi connectivity index (χ2v) is 6.85. The normalized spacial score (nSPS) is 25.2. The summed E-state index contributed by atoms with van der Waals surface area (Å²) in [6, 6.07) is 3.77. The lowest BCUT2D eigenvalue weighted by Gasteiger charge is -2.29. The number of likely N-dealkylation sites (tertiary alicyclic amines) is 1. The van der Waals surface area contributed by atoms with E-state index in [0.717, 1.165) is 44.5 Å². The molecule has 1 aromatic rings. The highest BCUT2D eigenvalue weighted by Gasteiger charge is 2.35. The Kier molecular flexibility index (Phi) is 4.85. The molecule has 0 spiro atoms.